The lowest BCUT2D eigenvalue weighted by Gasteiger charge is -2.17. The molecule has 6 nitrogen and oxygen atoms in total. The third-order valence-electron chi connectivity index (χ3n) is 4.64. The van der Waals surface area contributed by atoms with Crippen LogP contribution in [0, 0.1) is 0 Å². The zero-order chi connectivity index (χ0) is 19.1. The average Bonchev–Trinajstić information content (AvgIpc) is 3.22. The molecule has 2 aromatic rings. The minimum absolute atomic E-state index is 0.0403. The van der Waals surface area contributed by atoms with E-state index in [9.17, 15) is 9.59 Å². The van der Waals surface area contributed by atoms with Crippen LogP contribution in [0.5, 0.6) is 5.75 Å². The summed E-state index contributed by atoms with van der Waals surface area (Å²) in [6.07, 6.45) is 2.15. The maximum atomic E-state index is 12.2. The number of primary amides is 1. The molecule has 2 amide bonds. The molecule has 0 aromatic heterocycles. The van der Waals surface area contributed by atoms with Crippen molar-refractivity contribution in [2.24, 2.45) is 5.73 Å². The lowest BCUT2D eigenvalue weighted by atomic mass is 10.1. The largest absolute Gasteiger partial charge is 0.483 e. The number of nitrogens with two attached hydrogens (primary N) is 1. The minimum atomic E-state index is -0.432. The highest BCUT2D eigenvalue weighted by Gasteiger charge is 2.18. The number of likely N-dealkylation sites (tertiary alicyclic amines) is 1. The van der Waals surface area contributed by atoms with Crippen molar-refractivity contribution in [1.82, 2.24) is 10.2 Å². The van der Waals surface area contributed by atoms with Crippen LogP contribution in [0.2, 0.25) is 0 Å². The van der Waals surface area contributed by atoms with Crippen molar-refractivity contribution in [2.45, 2.75) is 25.9 Å². The second-order valence-electron chi connectivity index (χ2n) is 6.65. The van der Waals surface area contributed by atoms with Crippen LogP contribution < -0.4 is 15.8 Å². The van der Waals surface area contributed by atoms with Gasteiger partial charge in [-0.25, -0.2) is 0 Å². The van der Waals surface area contributed by atoms with E-state index in [4.69, 9.17) is 10.5 Å². The van der Waals surface area contributed by atoms with Crippen molar-refractivity contribution in [3.63, 3.8) is 0 Å². The maximum Gasteiger partial charge on any atom is 0.260 e. The third-order valence-corrected chi connectivity index (χ3v) is 4.64. The van der Waals surface area contributed by atoms with Crippen molar-refractivity contribution in [3.05, 3.63) is 65.2 Å². The van der Waals surface area contributed by atoms with Gasteiger partial charge in [-0.05, 0) is 36.6 Å². The third kappa shape index (κ3) is 5.31. The van der Waals surface area contributed by atoms with Gasteiger partial charge in [0, 0.05) is 37.3 Å². The molecule has 3 rings (SSSR count). The molecule has 6 heteroatoms. The van der Waals surface area contributed by atoms with Gasteiger partial charge in [-0.1, -0.05) is 30.3 Å². The average molecular weight is 367 g/mol. The Morgan fingerprint density at radius 2 is 1.81 bits per heavy atom. The van der Waals surface area contributed by atoms with E-state index in [0.717, 1.165) is 37.1 Å². The van der Waals surface area contributed by atoms with E-state index in [2.05, 4.69) is 5.32 Å². The van der Waals surface area contributed by atoms with Crippen LogP contribution in [0.25, 0.3) is 0 Å². The first-order valence-corrected chi connectivity index (χ1v) is 9.21. The van der Waals surface area contributed by atoms with E-state index in [1.54, 1.807) is 12.1 Å². The van der Waals surface area contributed by atoms with E-state index in [1.807, 2.05) is 41.3 Å². The second-order valence-corrected chi connectivity index (χ2v) is 6.65. The molecule has 1 saturated heterocycles. The Hall–Kier alpha value is -2.86. The number of rotatable bonds is 8. The fourth-order valence-corrected chi connectivity index (χ4v) is 3.16. The quantitative estimate of drug-likeness (QED) is 0.748. The van der Waals surface area contributed by atoms with Gasteiger partial charge in [-0.15, -0.1) is 0 Å². The predicted octanol–water partition coefficient (Wildman–Crippen LogP) is 2.08. The summed E-state index contributed by atoms with van der Waals surface area (Å²) >= 11 is 0. The molecule has 27 heavy (non-hydrogen) atoms. The lowest BCUT2D eigenvalue weighted by molar-refractivity contribution is -0.132. The molecule has 1 fully saturated rings. The zero-order valence-electron chi connectivity index (χ0n) is 15.3. The summed E-state index contributed by atoms with van der Waals surface area (Å²) in [4.78, 5) is 25.3. The Bertz CT molecular complexity index is 801. The monoisotopic (exact) mass is 367 g/mol. The Kier molecular flexibility index (Phi) is 6.44. The first kappa shape index (κ1) is 18.9. The molecule has 2 aromatic carbocycles. The predicted molar refractivity (Wildman–Crippen MR) is 103 cm³/mol. The SMILES string of the molecule is NC(=O)c1cccc(CNCc2ccccc2OCC(=O)N2CCCC2)c1. The summed E-state index contributed by atoms with van der Waals surface area (Å²) < 4.78 is 5.77. The Morgan fingerprint density at radius 3 is 2.59 bits per heavy atom. The highest BCUT2D eigenvalue weighted by Crippen LogP contribution is 2.18. The van der Waals surface area contributed by atoms with Gasteiger partial charge in [0.25, 0.3) is 5.91 Å². The summed E-state index contributed by atoms with van der Waals surface area (Å²) in [5.41, 5.74) is 7.78. The first-order chi connectivity index (χ1) is 13.1. The highest BCUT2D eigenvalue weighted by atomic mass is 16.5. The van der Waals surface area contributed by atoms with Crippen LogP contribution >= 0.6 is 0 Å². The number of ether oxygens (including phenoxy) is 1. The van der Waals surface area contributed by atoms with Gasteiger partial charge in [0.1, 0.15) is 5.75 Å². The topological polar surface area (TPSA) is 84.7 Å². The molecule has 0 bridgehead atoms. The van der Waals surface area contributed by atoms with Gasteiger partial charge < -0.3 is 20.7 Å². The van der Waals surface area contributed by atoms with Crippen LogP contribution in [0.1, 0.15) is 34.3 Å². The molecule has 1 aliphatic heterocycles. The van der Waals surface area contributed by atoms with Crippen molar-refractivity contribution < 1.29 is 14.3 Å². The molecule has 0 atom stereocenters. The van der Waals surface area contributed by atoms with E-state index in [0.29, 0.717) is 24.4 Å². The fourth-order valence-electron chi connectivity index (χ4n) is 3.16. The second kappa shape index (κ2) is 9.19. The van der Waals surface area contributed by atoms with Gasteiger partial charge in [0.2, 0.25) is 5.91 Å². The number of hydrogen-bond donors (Lipinski definition) is 2. The number of carbonyl (C=O) groups excluding carboxylic acids is 2. The van der Waals surface area contributed by atoms with E-state index >= 15 is 0 Å². The zero-order valence-corrected chi connectivity index (χ0v) is 15.3. The van der Waals surface area contributed by atoms with E-state index < -0.39 is 5.91 Å². The van der Waals surface area contributed by atoms with Crippen molar-refractivity contribution >= 4 is 11.8 Å². The van der Waals surface area contributed by atoms with Crippen molar-refractivity contribution in [1.29, 1.82) is 0 Å². The highest BCUT2D eigenvalue weighted by molar-refractivity contribution is 5.92. The Morgan fingerprint density at radius 1 is 1.04 bits per heavy atom. The van der Waals surface area contributed by atoms with Crippen LogP contribution in [0.4, 0.5) is 0 Å². The number of benzene rings is 2. The number of para-hydroxylation sites is 1. The molecule has 0 spiro atoms. The van der Waals surface area contributed by atoms with Gasteiger partial charge in [-0.2, -0.15) is 0 Å². The smallest absolute Gasteiger partial charge is 0.260 e. The maximum absolute atomic E-state index is 12.2. The van der Waals surface area contributed by atoms with Gasteiger partial charge in [0.15, 0.2) is 6.61 Å². The van der Waals surface area contributed by atoms with Crippen LogP contribution in [0.15, 0.2) is 48.5 Å². The van der Waals surface area contributed by atoms with Crippen LogP contribution in [0.3, 0.4) is 0 Å². The van der Waals surface area contributed by atoms with E-state index in [1.165, 1.54) is 0 Å². The number of nitrogens with one attached hydrogen (secondary N) is 1. The molecule has 3 N–H and O–H groups in total. The number of nitrogens with zero attached hydrogens (tertiary/aromatic N) is 1. The van der Waals surface area contributed by atoms with Gasteiger partial charge in [0.05, 0.1) is 0 Å². The summed E-state index contributed by atoms with van der Waals surface area (Å²) in [5, 5.41) is 3.34. The fraction of sp³-hybridized carbons (Fsp3) is 0.333. The molecule has 142 valence electrons. The summed E-state index contributed by atoms with van der Waals surface area (Å²) in [6, 6.07) is 14.9. The summed E-state index contributed by atoms with van der Waals surface area (Å²) in [5.74, 6) is 0.320. The Labute approximate surface area is 159 Å². The number of amides is 2. The molecule has 0 radical (unpaired) electrons. The number of carbonyl (C=O) groups is 2. The Balaban J connectivity index is 1.53. The lowest BCUT2D eigenvalue weighted by Crippen LogP contribution is -2.32. The van der Waals surface area contributed by atoms with Gasteiger partial charge in [-0.3, -0.25) is 9.59 Å². The first-order valence-electron chi connectivity index (χ1n) is 9.21. The van der Waals surface area contributed by atoms with Crippen molar-refractivity contribution in [3.8, 4) is 5.75 Å². The normalized spacial score (nSPS) is 13.6. The number of hydrogen-bond acceptors (Lipinski definition) is 4. The molecular formula is C21H25N3O3. The summed E-state index contributed by atoms with van der Waals surface area (Å²) in [7, 11) is 0. The molecule has 0 saturated carbocycles. The van der Waals surface area contributed by atoms with Crippen LogP contribution in [-0.4, -0.2) is 36.4 Å². The molecule has 0 aliphatic carbocycles. The van der Waals surface area contributed by atoms with Crippen LogP contribution in [-0.2, 0) is 17.9 Å². The minimum Gasteiger partial charge on any atom is -0.483 e. The van der Waals surface area contributed by atoms with E-state index in [-0.39, 0.29) is 12.5 Å². The molecule has 1 aliphatic rings. The van der Waals surface area contributed by atoms with Gasteiger partial charge >= 0.3 is 0 Å². The van der Waals surface area contributed by atoms with Crippen molar-refractivity contribution in [2.75, 3.05) is 19.7 Å². The molecule has 0 unspecified atom stereocenters. The standard InChI is InChI=1S/C21H25N3O3/c22-21(26)17-8-5-6-16(12-17)13-23-14-18-7-1-2-9-19(18)27-15-20(25)24-10-3-4-11-24/h1-2,5-9,12,23H,3-4,10-11,13-15H2,(H2,22,26). The molecule has 1 heterocycles. The summed E-state index contributed by atoms with van der Waals surface area (Å²) in [6.45, 7) is 2.92. The molecular weight excluding hydrogens is 342 g/mol.